The summed E-state index contributed by atoms with van der Waals surface area (Å²) in [6.07, 6.45) is 18.2. The molecule has 1 aliphatic heterocycles. The Bertz CT molecular complexity index is 2010. The van der Waals surface area contributed by atoms with Gasteiger partial charge in [-0.2, -0.15) is 5.26 Å². The minimum absolute atomic E-state index is 0.0703. The van der Waals surface area contributed by atoms with Gasteiger partial charge in [0.15, 0.2) is 0 Å². The Kier molecular flexibility index (Phi) is 17.7. The maximum absolute atomic E-state index is 12.8. The number of likely N-dealkylation sites (tertiary alicyclic amines) is 1. The number of benzene rings is 2. The maximum Gasteiger partial charge on any atom is 0.407 e. The van der Waals surface area contributed by atoms with Crippen LogP contribution in [0.4, 0.5) is 4.79 Å². The molecule has 2 heterocycles. The molecule has 2 aliphatic carbocycles. The molecule has 1 aromatic heterocycles. The van der Waals surface area contributed by atoms with Crippen LogP contribution in [0.1, 0.15) is 103 Å². The van der Waals surface area contributed by atoms with Crippen molar-refractivity contribution in [3.63, 3.8) is 0 Å². The molecule has 14 heteroatoms. The average Bonchev–Trinajstić information content (AvgIpc) is 3.61. The third-order valence-corrected chi connectivity index (χ3v) is 11.3. The van der Waals surface area contributed by atoms with Crippen molar-refractivity contribution in [2.45, 2.75) is 109 Å². The molecule has 4 amide bonds. The predicted molar refractivity (Wildman–Crippen MR) is 230 cm³/mol. The number of nitrogens with zero attached hydrogens (tertiary/aromatic N) is 2. The molecule has 2 aromatic carbocycles. The molecule has 3 aliphatic rings. The van der Waals surface area contributed by atoms with E-state index >= 15 is 0 Å². The van der Waals surface area contributed by atoms with Gasteiger partial charge in [-0.05, 0) is 81.7 Å². The van der Waals surface area contributed by atoms with Gasteiger partial charge >= 0.3 is 6.09 Å². The minimum atomic E-state index is -0.614. The summed E-state index contributed by atoms with van der Waals surface area (Å²) in [6, 6.07) is 10.6. The summed E-state index contributed by atoms with van der Waals surface area (Å²) >= 11 is 1.44. The number of aromatic amines is 1. The topological polar surface area (TPSA) is 183 Å². The van der Waals surface area contributed by atoms with Crippen LogP contribution in [0.2, 0.25) is 0 Å². The summed E-state index contributed by atoms with van der Waals surface area (Å²) in [4.78, 5) is 63.6. The first-order valence-corrected chi connectivity index (χ1v) is 21.0. The highest BCUT2D eigenvalue weighted by Gasteiger charge is 2.26. The van der Waals surface area contributed by atoms with Crippen molar-refractivity contribution in [1.29, 1.82) is 5.26 Å². The van der Waals surface area contributed by atoms with E-state index in [-0.39, 0.29) is 42.0 Å². The molecule has 4 N–H and O–H groups in total. The molecule has 13 nitrogen and oxygen atoms in total. The van der Waals surface area contributed by atoms with Crippen molar-refractivity contribution in [3.05, 3.63) is 70.5 Å². The van der Waals surface area contributed by atoms with Gasteiger partial charge in [-0.25, -0.2) is 4.79 Å². The van der Waals surface area contributed by atoms with Crippen LogP contribution >= 0.6 is 11.9 Å². The molecule has 3 fully saturated rings. The van der Waals surface area contributed by atoms with E-state index in [4.69, 9.17) is 9.47 Å². The van der Waals surface area contributed by atoms with Gasteiger partial charge in [0.1, 0.15) is 18.3 Å². The Morgan fingerprint density at radius 3 is 2.40 bits per heavy atom. The number of pyridine rings is 1. The Morgan fingerprint density at radius 2 is 1.79 bits per heavy atom. The fourth-order valence-corrected chi connectivity index (χ4v) is 7.46. The zero-order valence-electron chi connectivity index (χ0n) is 34.2. The van der Waals surface area contributed by atoms with E-state index in [1.807, 2.05) is 45.1 Å². The third-order valence-electron chi connectivity index (χ3n) is 10.2. The first kappa shape index (κ1) is 45.4. The molecule has 2 unspecified atom stereocenters. The number of carbonyl (C=O) groups excluding carboxylic acids is 4. The number of ether oxygens (including phenoxy) is 2. The fraction of sp³-hybridized carbons (Fsp3) is 0.500. The summed E-state index contributed by atoms with van der Waals surface area (Å²) in [5.74, 6) is 0.358. The molecule has 2 saturated carbocycles. The van der Waals surface area contributed by atoms with Crippen molar-refractivity contribution in [1.82, 2.24) is 25.2 Å². The van der Waals surface area contributed by atoms with Crippen molar-refractivity contribution in [2.75, 3.05) is 26.8 Å². The molecule has 312 valence electrons. The first-order valence-electron chi connectivity index (χ1n) is 20.1. The molecule has 2 atom stereocenters. The molecule has 1 saturated heterocycles. The Hall–Kier alpha value is -5.29. The van der Waals surface area contributed by atoms with E-state index in [1.165, 1.54) is 44.1 Å². The molecule has 3 aromatic rings. The summed E-state index contributed by atoms with van der Waals surface area (Å²) < 4.78 is 13.7. The number of H-pyrrole nitrogens is 1. The Balaban J connectivity index is 0.000000320. The molecule has 6 rings (SSSR count). The lowest BCUT2D eigenvalue weighted by atomic mass is 9.90. The van der Waals surface area contributed by atoms with Gasteiger partial charge in [-0.3, -0.25) is 23.9 Å². The van der Waals surface area contributed by atoms with Crippen LogP contribution in [0.3, 0.4) is 0 Å². The number of nitrogens with one attached hydrogen (secondary N) is 4. The van der Waals surface area contributed by atoms with Crippen LogP contribution in [0.25, 0.3) is 27.8 Å². The number of methoxy groups -OCH3 is 1. The first-order chi connectivity index (χ1) is 27.9. The molecular weight excluding hydrogens is 757 g/mol. The molecule has 0 spiro atoms. The fourth-order valence-electron chi connectivity index (χ4n) is 6.67. The van der Waals surface area contributed by atoms with Gasteiger partial charge in [0.25, 0.3) is 11.5 Å². The predicted octanol–water partition coefficient (Wildman–Crippen LogP) is 7.28. The zero-order chi connectivity index (χ0) is 42.1. The number of alkyl carbamates (subject to hydrolysis) is 1. The number of aromatic nitrogens is 1. The smallest absolute Gasteiger partial charge is 0.407 e. The normalized spacial score (nSPS) is 16.6. The van der Waals surface area contributed by atoms with Crippen molar-refractivity contribution < 1.29 is 28.7 Å². The number of allylic oxidation sites excluding steroid dienone is 1. The molecule has 58 heavy (non-hydrogen) atoms. The number of rotatable bonds is 15. The minimum Gasteiger partial charge on any atom is -0.496 e. The number of fused-ring (bicyclic) bond motifs is 3. The number of hydrogen-bond donors (Lipinski definition) is 4. The SMILES string of the molecule is C1CCCC1.C=CCC(NC=O)C(=O)NSC1CC1.COc1cc2c(cc1/C=C/CC(C)(C)COC(=O)NCC(=O)N1CCCC1C)c(=O)[nH]c1cc(C#N)ccc12. The lowest BCUT2D eigenvalue weighted by molar-refractivity contribution is -0.130. The summed E-state index contributed by atoms with van der Waals surface area (Å²) in [7, 11) is 1.58. The van der Waals surface area contributed by atoms with Crippen LogP contribution in [-0.4, -0.2) is 78.3 Å². The second kappa shape index (κ2) is 22.6. The lowest BCUT2D eigenvalue weighted by Gasteiger charge is -2.23. The summed E-state index contributed by atoms with van der Waals surface area (Å²) in [5, 5.41) is 16.8. The molecular formula is C44H58N6O7S. The van der Waals surface area contributed by atoms with E-state index in [1.54, 1.807) is 36.3 Å². The number of hydrogen-bond acceptors (Lipinski definition) is 9. The van der Waals surface area contributed by atoms with Gasteiger partial charge in [0.05, 0.1) is 30.9 Å². The van der Waals surface area contributed by atoms with Gasteiger partial charge in [-0.15, -0.1) is 6.58 Å². The highest BCUT2D eigenvalue weighted by molar-refractivity contribution is 7.98. The number of amides is 4. The van der Waals surface area contributed by atoms with E-state index in [0.717, 1.165) is 48.6 Å². The van der Waals surface area contributed by atoms with Crippen molar-refractivity contribution in [3.8, 4) is 11.8 Å². The lowest BCUT2D eigenvalue weighted by Crippen LogP contribution is -2.42. The summed E-state index contributed by atoms with van der Waals surface area (Å²) in [6.45, 7) is 10.3. The standard InChI is InChI=1S/C30H34N4O5.C9H14N2O2S.C5H10/c1-19-7-6-12-34(19)27(35)17-32-29(37)39-18-30(2,3)11-5-8-21-14-24-23(15-26(21)38-4)22-10-9-20(16-31)13-25(22)33-28(24)36;1-2-3-8(10-6-12)9(13)11-14-7-4-5-7;1-2-4-5-3-1/h5,8-10,13-15,19H,6-7,11-12,17-18H2,1-4H3,(H,32,37)(H,33,36);2,6-8H,1,3-5H2,(H,10,12)(H,11,13);1-5H2/b8-5+;;. The maximum atomic E-state index is 12.8. The van der Waals surface area contributed by atoms with Crippen LogP contribution in [0, 0.1) is 16.7 Å². The second-order valence-electron chi connectivity index (χ2n) is 15.7. The quantitative estimate of drug-likeness (QED) is 0.0530. The van der Waals surface area contributed by atoms with E-state index < -0.39 is 12.1 Å². The third kappa shape index (κ3) is 14.0. The highest BCUT2D eigenvalue weighted by atomic mass is 32.2. The van der Waals surface area contributed by atoms with E-state index in [2.05, 4.69) is 33.0 Å². The van der Waals surface area contributed by atoms with E-state index in [0.29, 0.717) is 46.7 Å². The monoisotopic (exact) mass is 814 g/mol. The van der Waals surface area contributed by atoms with E-state index in [9.17, 15) is 29.2 Å². The second-order valence-corrected chi connectivity index (χ2v) is 16.8. The number of carbonyl (C=O) groups is 4. The Morgan fingerprint density at radius 1 is 1.07 bits per heavy atom. The van der Waals surface area contributed by atoms with Crippen LogP contribution in [0.5, 0.6) is 5.75 Å². The Labute approximate surface area is 345 Å². The zero-order valence-corrected chi connectivity index (χ0v) is 35.0. The average molecular weight is 815 g/mol. The highest BCUT2D eigenvalue weighted by Crippen LogP contribution is 2.32. The van der Waals surface area contributed by atoms with Crippen molar-refractivity contribution in [2.24, 2.45) is 5.41 Å². The van der Waals surface area contributed by atoms with Crippen LogP contribution in [-0.2, 0) is 19.1 Å². The molecule has 0 bridgehead atoms. The van der Waals surface area contributed by atoms with Gasteiger partial charge in [0.2, 0.25) is 12.3 Å². The largest absolute Gasteiger partial charge is 0.496 e. The summed E-state index contributed by atoms with van der Waals surface area (Å²) in [5.41, 5.74) is 1.20. The van der Waals surface area contributed by atoms with Gasteiger partial charge in [-0.1, -0.05) is 70.2 Å². The molecule has 0 radical (unpaired) electrons. The van der Waals surface area contributed by atoms with Gasteiger partial charge in [0, 0.05) is 45.0 Å². The number of nitriles is 1. The van der Waals surface area contributed by atoms with Crippen LogP contribution in [0.15, 0.2) is 53.9 Å². The van der Waals surface area contributed by atoms with Crippen molar-refractivity contribution >= 4 is 64.0 Å². The van der Waals surface area contributed by atoms with Gasteiger partial charge < -0.3 is 30.0 Å². The van der Waals surface area contributed by atoms with Crippen LogP contribution < -0.4 is 25.7 Å².